The Morgan fingerprint density at radius 3 is 2.50 bits per heavy atom. The number of anilines is 1. The van der Waals surface area contributed by atoms with Crippen molar-refractivity contribution in [2.45, 2.75) is 39.8 Å². The first-order chi connectivity index (χ1) is 17.3. The van der Waals surface area contributed by atoms with Crippen LogP contribution in [0, 0.1) is 12.7 Å². The average molecular weight is 569 g/mol. The van der Waals surface area contributed by atoms with Crippen LogP contribution in [0.4, 0.5) is 10.1 Å². The van der Waals surface area contributed by atoms with Gasteiger partial charge < -0.3 is 15.5 Å². The zero-order valence-electron chi connectivity index (χ0n) is 22.0. The number of aryl methyl sites for hydroxylation is 2. The Labute approximate surface area is 235 Å². The molecule has 0 spiro atoms. The van der Waals surface area contributed by atoms with E-state index in [1.807, 2.05) is 31.0 Å². The van der Waals surface area contributed by atoms with Gasteiger partial charge in [-0.05, 0) is 60.3 Å². The summed E-state index contributed by atoms with van der Waals surface area (Å²) in [6, 6.07) is 8.52. The first kappa shape index (κ1) is 31.5. The van der Waals surface area contributed by atoms with Gasteiger partial charge in [0.25, 0.3) is 5.91 Å². The lowest BCUT2D eigenvalue weighted by Crippen LogP contribution is -2.49. The van der Waals surface area contributed by atoms with E-state index in [0.29, 0.717) is 32.6 Å². The van der Waals surface area contributed by atoms with Crippen molar-refractivity contribution in [1.29, 1.82) is 0 Å². The van der Waals surface area contributed by atoms with Crippen molar-refractivity contribution in [2.75, 3.05) is 45.1 Å². The number of hydrazine groups is 1. The van der Waals surface area contributed by atoms with Crippen LogP contribution < -0.4 is 10.6 Å². The van der Waals surface area contributed by atoms with Gasteiger partial charge in [-0.3, -0.25) is 19.4 Å². The lowest BCUT2D eigenvalue weighted by Gasteiger charge is -2.31. The molecule has 8 nitrogen and oxygen atoms in total. The van der Waals surface area contributed by atoms with Crippen LogP contribution in [0.3, 0.4) is 0 Å². The molecule has 0 saturated carbocycles. The average Bonchev–Trinajstić information content (AvgIpc) is 3.43. The number of hydrogen-bond donors (Lipinski definition) is 2. The Balaban J connectivity index is 0.00000253. The first-order valence-corrected chi connectivity index (χ1v) is 12.4. The predicted molar refractivity (Wildman–Crippen MR) is 150 cm³/mol. The monoisotopic (exact) mass is 567 g/mol. The lowest BCUT2D eigenvalue weighted by atomic mass is 10.0. The molecule has 1 aliphatic carbocycles. The summed E-state index contributed by atoms with van der Waals surface area (Å²) in [5.41, 5.74) is 5.38. The Kier molecular flexibility index (Phi) is 11.5. The summed E-state index contributed by atoms with van der Waals surface area (Å²) in [6.45, 7) is 6.58. The fourth-order valence-corrected chi connectivity index (χ4v) is 4.75. The summed E-state index contributed by atoms with van der Waals surface area (Å²) in [7, 11) is 1.68. The molecule has 2 aromatic carbocycles. The minimum absolute atomic E-state index is 0. The van der Waals surface area contributed by atoms with Gasteiger partial charge in [-0.2, -0.15) is 0 Å². The summed E-state index contributed by atoms with van der Waals surface area (Å²) in [4.78, 5) is 40.0. The topological polar surface area (TPSA) is 85.0 Å². The van der Waals surface area contributed by atoms with E-state index in [4.69, 9.17) is 0 Å². The highest BCUT2D eigenvalue weighted by Crippen LogP contribution is 2.28. The van der Waals surface area contributed by atoms with Crippen LogP contribution in [0.1, 0.15) is 46.0 Å². The van der Waals surface area contributed by atoms with E-state index in [0.717, 1.165) is 46.5 Å². The summed E-state index contributed by atoms with van der Waals surface area (Å²) >= 11 is 0. The molecule has 4 rings (SSSR count). The number of fused-ring (bicyclic) bond motifs is 2. The molecule has 0 unspecified atom stereocenters. The van der Waals surface area contributed by atoms with Gasteiger partial charge in [-0.25, -0.2) is 9.40 Å². The maximum Gasteiger partial charge on any atom is 0.256 e. The van der Waals surface area contributed by atoms with Gasteiger partial charge in [-0.15, -0.1) is 24.8 Å². The SMILES string of the molecule is CCNCCN(CC(=O)N(C)N1Cc2ccc(F)cc2C1)C(=O)CNc1cc2c(cc1C)CCC2=O.Cl.Cl. The molecule has 2 aromatic rings. The van der Waals surface area contributed by atoms with Crippen molar-refractivity contribution in [1.82, 2.24) is 20.2 Å². The van der Waals surface area contributed by atoms with Gasteiger partial charge >= 0.3 is 0 Å². The summed E-state index contributed by atoms with van der Waals surface area (Å²) in [6.07, 6.45) is 1.29. The molecular formula is C27H36Cl2FN5O3. The molecule has 0 aromatic heterocycles. The maximum atomic E-state index is 13.6. The van der Waals surface area contributed by atoms with E-state index >= 15 is 0 Å². The van der Waals surface area contributed by atoms with Crippen LogP contribution in [0.5, 0.6) is 0 Å². The number of ketones is 1. The highest BCUT2D eigenvalue weighted by atomic mass is 35.5. The Morgan fingerprint density at radius 2 is 1.76 bits per heavy atom. The third-order valence-corrected chi connectivity index (χ3v) is 6.95. The van der Waals surface area contributed by atoms with E-state index in [2.05, 4.69) is 10.6 Å². The second-order valence-electron chi connectivity index (χ2n) is 9.42. The van der Waals surface area contributed by atoms with Crippen molar-refractivity contribution < 1.29 is 18.8 Å². The number of hydrogen-bond acceptors (Lipinski definition) is 6. The Hall–Kier alpha value is -2.72. The fraction of sp³-hybridized carbons (Fsp3) is 0.444. The Morgan fingerprint density at radius 1 is 1.03 bits per heavy atom. The van der Waals surface area contributed by atoms with Crippen molar-refractivity contribution in [2.24, 2.45) is 0 Å². The van der Waals surface area contributed by atoms with Crippen molar-refractivity contribution >= 4 is 48.1 Å². The van der Waals surface area contributed by atoms with Crippen molar-refractivity contribution in [3.63, 3.8) is 0 Å². The second kappa shape index (κ2) is 13.9. The Bertz CT molecular complexity index is 1180. The van der Waals surface area contributed by atoms with Crippen molar-refractivity contribution in [3.8, 4) is 0 Å². The number of carbonyl (C=O) groups is 3. The van der Waals surface area contributed by atoms with Gasteiger partial charge in [-0.1, -0.05) is 19.1 Å². The standard InChI is InChI=1S/C27H34FN5O3.2ClH/c1-4-29-9-10-32(17-27(36)31(3)33-15-20-5-7-22(28)12-21(20)16-33)26(35)14-30-24-13-23-19(11-18(24)2)6-8-25(23)34;;/h5,7,11-13,29-30H,4,6,8-10,14-17H2,1-3H3;2*1H. The van der Waals surface area contributed by atoms with E-state index < -0.39 is 0 Å². The number of rotatable bonds is 10. The zero-order chi connectivity index (χ0) is 25.8. The van der Waals surface area contributed by atoms with Crippen LogP contribution in [-0.2, 0) is 29.1 Å². The number of likely N-dealkylation sites (N-methyl/N-ethyl adjacent to an activating group) is 2. The zero-order valence-corrected chi connectivity index (χ0v) is 23.6. The van der Waals surface area contributed by atoms with Crippen LogP contribution in [-0.4, -0.2) is 72.3 Å². The first-order valence-electron chi connectivity index (χ1n) is 12.4. The number of carbonyl (C=O) groups excluding carboxylic acids is 3. The molecule has 2 aliphatic rings. The van der Waals surface area contributed by atoms with Crippen LogP contribution in [0.15, 0.2) is 30.3 Å². The lowest BCUT2D eigenvalue weighted by molar-refractivity contribution is -0.151. The molecule has 0 saturated heterocycles. The largest absolute Gasteiger partial charge is 0.376 e. The normalized spacial score (nSPS) is 13.7. The summed E-state index contributed by atoms with van der Waals surface area (Å²) < 4.78 is 13.6. The molecule has 38 heavy (non-hydrogen) atoms. The van der Waals surface area contributed by atoms with Gasteiger partial charge in [0, 0.05) is 50.9 Å². The minimum atomic E-state index is -0.291. The molecule has 1 aliphatic heterocycles. The molecule has 0 radical (unpaired) electrons. The summed E-state index contributed by atoms with van der Waals surface area (Å²) in [5.74, 6) is -0.576. The smallest absolute Gasteiger partial charge is 0.256 e. The molecule has 0 bridgehead atoms. The van der Waals surface area contributed by atoms with E-state index in [1.165, 1.54) is 17.1 Å². The number of Topliss-reactive ketones (excluding diaryl/α,β-unsaturated/α-hetero) is 1. The molecular weight excluding hydrogens is 532 g/mol. The van der Waals surface area contributed by atoms with E-state index in [-0.39, 0.29) is 61.3 Å². The number of nitrogens with zero attached hydrogens (tertiary/aromatic N) is 3. The number of amides is 2. The van der Waals surface area contributed by atoms with Gasteiger partial charge in [0.1, 0.15) is 12.4 Å². The molecule has 2 N–H and O–H groups in total. The van der Waals surface area contributed by atoms with Crippen LogP contribution in [0.25, 0.3) is 0 Å². The van der Waals surface area contributed by atoms with E-state index in [9.17, 15) is 18.8 Å². The van der Waals surface area contributed by atoms with Gasteiger partial charge in [0.2, 0.25) is 5.91 Å². The quantitative estimate of drug-likeness (QED) is 0.428. The molecule has 2 amide bonds. The second-order valence-corrected chi connectivity index (χ2v) is 9.42. The van der Waals surface area contributed by atoms with Gasteiger partial charge in [0.15, 0.2) is 5.78 Å². The van der Waals surface area contributed by atoms with Gasteiger partial charge in [0.05, 0.1) is 6.54 Å². The highest BCUT2D eigenvalue weighted by Gasteiger charge is 2.28. The molecule has 0 atom stereocenters. The predicted octanol–water partition coefficient (Wildman–Crippen LogP) is 3.35. The minimum Gasteiger partial charge on any atom is -0.376 e. The number of benzene rings is 2. The highest BCUT2D eigenvalue weighted by molar-refractivity contribution is 6.01. The molecule has 1 heterocycles. The van der Waals surface area contributed by atoms with Crippen LogP contribution in [0.2, 0.25) is 0 Å². The third kappa shape index (κ3) is 7.22. The van der Waals surface area contributed by atoms with Crippen molar-refractivity contribution in [3.05, 3.63) is 64.0 Å². The third-order valence-electron chi connectivity index (χ3n) is 6.95. The number of nitrogens with one attached hydrogen (secondary N) is 2. The maximum absolute atomic E-state index is 13.6. The van der Waals surface area contributed by atoms with E-state index in [1.54, 1.807) is 18.0 Å². The number of halogens is 3. The molecule has 208 valence electrons. The van der Waals surface area contributed by atoms with Crippen LogP contribution >= 0.6 is 24.8 Å². The molecule has 11 heteroatoms. The fourth-order valence-electron chi connectivity index (χ4n) is 4.75. The summed E-state index contributed by atoms with van der Waals surface area (Å²) in [5, 5.41) is 9.75. The molecule has 0 fully saturated rings.